The summed E-state index contributed by atoms with van der Waals surface area (Å²) in [5, 5.41) is 3.78. The number of unbranched alkanes of at least 4 members (excludes halogenated alkanes) is 4. The molecule has 0 atom stereocenters. The number of methoxy groups -OCH3 is 1. The van der Waals surface area contributed by atoms with Gasteiger partial charge in [0.2, 0.25) is 0 Å². The standard InChI is InChI=1S/C22H33NO/c1-3-4-5-6-7-9-16-22(17-10-8-11-18-22)23-19-20-12-14-21(24-2)15-13-20/h12-15,23H,3-8,10-11,17-19H2,1-2H3. The summed E-state index contributed by atoms with van der Waals surface area (Å²) in [4.78, 5) is 0. The van der Waals surface area contributed by atoms with Crippen molar-refractivity contribution in [2.75, 3.05) is 7.11 Å². The van der Waals surface area contributed by atoms with Crippen LogP contribution in [-0.2, 0) is 6.54 Å². The Kier molecular flexibility index (Phi) is 8.19. The molecule has 0 aromatic heterocycles. The van der Waals surface area contributed by atoms with Gasteiger partial charge < -0.3 is 4.74 Å². The Hall–Kier alpha value is -1.46. The zero-order chi connectivity index (χ0) is 17.1. The van der Waals surface area contributed by atoms with Crippen molar-refractivity contribution in [1.82, 2.24) is 5.32 Å². The normalized spacial score (nSPS) is 16.2. The summed E-state index contributed by atoms with van der Waals surface area (Å²) in [5.74, 6) is 8.01. The second-order valence-corrected chi connectivity index (χ2v) is 6.96. The van der Waals surface area contributed by atoms with Gasteiger partial charge in [0.15, 0.2) is 0 Å². The van der Waals surface area contributed by atoms with E-state index in [9.17, 15) is 0 Å². The van der Waals surface area contributed by atoms with Crippen LogP contribution in [0, 0.1) is 11.8 Å². The average molecular weight is 328 g/mol. The van der Waals surface area contributed by atoms with E-state index in [1.807, 2.05) is 12.1 Å². The third kappa shape index (κ3) is 6.21. The van der Waals surface area contributed by atoms with Gasteiger partial charge in [-0.1, -0.05) is 63.5 Å². The summed E-state index contributed by atoms with van der Waals surface area (Å²) >= 11 is 0. The lowest BCUT2D eigenvalue weighted by Crippen LogP contribution is -2.45. The first-order chi connectivity index (χ1) is 11.8. The molecular formula is C22H33NO. The maximum absolute atomic E-state index is 5.23. The second kappa shape index (κ2) is 10.4. The average Bonchev–Trinajstić information content (AvgIpc) is 2.64. The van der Waals surface area contributed by atoms with E-state index in [4.69, 9.17) is 4.74 Å². The zero-order valence-electron chi connectivity index (χ0n) is 15.5. The van der Waals surface area contributed by atoms with Gasteiger partial charge in [-0.3, -0.25) is 5.32 Å². The first kappa shape index (κ1) is 18.9. The highest BCUT2D eigenvalue weighted by Crippen LogP contribution is 2.28. The first-order valence-electron chi connectivity index (χ1n) is 9.66. The molecule has 0 bridgehead atoms. The third-order valence-electron chi connectivity index (χ3n) is 4.98. The molecule has 1 aliphatic rings. The van der Waals surface area contributed by atoms with Gasteiger partial charge in [0.05, 0.1) is 12.6 Å². The van der Waals surface area contributed by atoms with Gasteiger partial charge in [0.1, 0.15) is 5.75 Å². The fraction of sp³-hybridized carbons (Fsp3) is 0.636. The molecule has 0 radical (unpaired) electrons. The predicted octanol–water partition coefficient (Wildman–Crippen LogP) is 5.46. The van der Waals surface area contributed by atoms with Crippen molar-refractivity contribution in [2.24, 2.45) is 0 Å². The van der Waals surface area contributed by atoms with Gasteiger partial charge in [-0.15, -0.1) is 5.92 Å². The molecular weight excluding hydrogens is 294 g/mol. The van der Waals surface area contributed by atoms with Crippen LogP contribution < -0.4 is 10.1 Å². The smallest absolute Gasteiger partial charge is 0.118 e. The molecule has 2 nitrogen and oxygen atoms in total. The van der Waals surface area contributed by atoms with Gasteiger partial charge in [-0.05, 0) is 37.0 Å². The number of hydrogen-bond acceptors (Lipinski definition) is 2. The van der Waals surface area contributed by atoms with Crippen LogP contribution in [0.4, 0.5) is 0 Å². The Morgan fingerprint density at radius 1 is 1.04 bits per heavy atom. The molecule has 1 saturated carbocycles. The number of hydrogen-bond donors (Lipinski definition) is 1. The Balaban J connectivity index is 1.90. The van der Waals surface area contributed by atoms with Crippen molar-refractivity contribution in [3.8, 4) is 17.6 Å². The molecule has 0 amide bonds. The molecule has 132 valence electrons. The quantitative estimate of drug-likeness (QED) is 0.505. The highest BCUT2D eigenvalue weighted by Gasteiger charge is 2.29. The summed E-state index contributed by atoms with van der Waals surface area (Å²) in [5.41, 5.74) is 1.33. The van der Waals surface area contributed by atoms with Crippen molar-refractivity contribution in [3.05, 3.63) is 29.8 Å². The Bertz CT molecular complexity index is 517. The predicted molar refractivity (Wildman–Crippen MR) is 102 cm³/mol. The van der Waals surface area contributed by atoms with Gasteiger partial charge in [-0.2, -0.15) is 0 Å². The van der Waals surface area contributed by atoms with E-state index in [0.29, 0.717) is 0 Å². The van der Waals surface area contributed by atoms with Crippen LogP contribution >= 0.6 is 0 Å². The van der Waals surface area contributed by atoms with Crippen molar-refractivity contribution in [2.45, 2.75) is 83.2 Å². The fourth-order valence-corrected chi connectivity index (χ4v) is 3.39. The van der Waals surface area contributed by atoms with Gasteiger partial charge in [-0.25, -0.2) is 0 Å². The lowest BCUT2D eigenvalue weighted by atomic mass is 9.82. The van der Waals surface area contributed by atoms with Crippen LogP contribution in [0.3, 0.4) is 0 Å². The molecule has 1 aliphatic carbocycles. The zero-order valence-corrected chi connectivity index (χ0v) is 15.5. The molecule has 24 heavy (non-hydrogen) atoms. The van der Waals surface area contributed by atoms with E-state index in [0.717, 1.165) is 18.7 Å². The third-order valence-corrected chi connectivity index (χ3v) is 4.98. The minimum atomic E-state index is 0.0307. The minimum absolute atomic E-state index is 0.0307. The Morgan fingerprint density at radius 3 is 2.46 bits per heavy atom. The van der Waals surface area contributed by atoms with Crippen molar-refractivity contribution >= 4 is 0 Å². The maximum Gasteiger partial charge on any atom is 0.118 e. The van der Waals surface area contributed by atoms with Crippen molar-refractivity contribution in [1.29, 1.82) is 0 Å². The molecule has 1 fully saturated rings. The molecule has 0 unspecified atom stereocenters. The molecule has 1 aromatic rings. The van der Waals surface area contributed by atoms with Gasteiger partial charge >= 0.3 is 0 Å². The monoisotopic (exact) mass is 327 g/mol. The minimum Gasteiger partial charge on any atom is -0.497 e. The molecule has 0 aliphatic heterocycles. The topological polar surface area (TPSA) is 21.3 Å². The number of rotatable bonds is 8. The lowest BCUT2D eigenvalue weighted by molar-refractivity contribution is 0.299. The number of nitrogens with one attached hydrogen (secondary N) is 1. The summed E-state index contributed by atoms with van der Waals surface area (Å²) < 4.78 is 5.23. The van der Waals surface area contributed by atoms with Crippen LogP contribution in [0.25, 0.3) is 0 Å². The Labute approximate surface area is 148 Å². The van der Waals surface area contributed by atoms with Crippen molar-refractivity contribution < 1.29 is 4.74 Å². The van der Waals surface area contributed by atoms with E-state index < -0.39 is 0 Å². The van der Waals surface area contributed by atoms with Crippen LogP contribution in [0.2, 0.25) is 0 Å². The largest absolute Gasteiger partial charge is 0.497 e. The van der Waals surface area contributed by atoms with Crippen LogP contribution in [0.15, 0.2) is 24.3 Å². The number of benzene rings is 1. The van der Waals surface area contributed by atoms with E-state index in [1.54, 1.807) is 7.11 Å². The highest BCUT2D eigenvalue weighted by atomic mass is 16.5. The second-order valence-electron chi connectivity index (χ2n) is 6.96. The lowest BCUT2D eigenvalue weighted by Gasteiger charge is -2.34. The summed E-state index contributed by atoms with van der Waals surface area (Å²) in [6.07, 6.45) is 12.5. The van der Waals surface area contributed by atoms with Gasteiger partial charge in [0, 0.05) is 13.0 Å². The maximum atomic E-state index is 5.23. The summed E-state index contributed by atoms with van der Waals surface area (Å²) in [7, 11) is 1.71. The van der Waals surface area contributed by atoms with E-state index >= 15 is 0 Å². The number of ether oxygens (including phenoxy) is 1. The molecule has 0 heterocycles. The summed E-state index contributed by atoms with van der Waals surface area (Å²) in [6, 6.07) is 8.34. The van der Waals surface area contributed by atoms with Crippen LogP contribution in [0.1, 0.15) is 76.7 Å². The van der Waals surface area contributed by atoms with Crippen molar-refractivity contribution in [3.63, 3.8) is 0 Å². The molecule has 1 aromatic carbocycles. The molecule has 0 spiro atoms. The summed E-state index contributed by atoms with van der Waals surface area (Å²) in [6.45, 7) is 3.14. The van der Waals surface area contributed by atoms with E-state index in [1.165, 1.54) is 63.4 Å². The van der Waals surface area contributed by atoms with Crippen LogP contribution in [0.5, 0.6) is 5.75 Å². The highest BCUT2D eigenvalue weighted by molar-refractivity contribution is 5.28. The van der Waals surface area contributed by atoms with E-state index in [-0.39, 0.29) is 5.54 Å². The van der Waals surface area contributed by atoms with Gasteiger partial charge in [0.25, 0.3) is 0 Å². The molecule has 2 rings (SSSR count). The van der Waals surface area contributed by atoms with Crippen LogP contribution in [-0.4, -0.2) is 12.6 Å². The first-order valence-corrected chi connectivity index (χ1v) is 9.66. The molecule has 1 N–H and O–H groups in total. The molecule has 0 saturated heterocycles. The van der Waals surface area contributed by atoms with E-state index in [2.05, 4.69) is 36.2 Å². The SMILES string of the molecule is CCCCCCC#CC1(NCc2ccc(OC)cc2)CCCCC1. The Morgan fingerprint density at radius 2 is 1.79 bits per heavy atom. The molecule has 2 heteroatoms. The fourth-order valence-electron chi connectivity index (χ4n) is 3.39.